The zero-order valence-electron chi connectivity index (χ0n) is 24.6. The van der Waals surface area contributed by atoms with Crippen molar-refractivity contribution in [3.05, 3.63) is 138 Å². The van der Waals surface area contributed by atoms with Crippen LogP contribution in [0.2, 0.25) is 0 Å². The Morgan fingerprint density at radius 1 is 1.07 bits per heavy atom. The van der Waals surface area contributed by atoms with Crippen LogP contribution < -0.4 is 14.9 Å². The van der Waals surface area contributed by atoms with E-state index in [0.717, 1.165) is 27.1 Å². The van der Waals surface area contributed by atoms with Crippen molar-refractivity contribution in [2.45, 2.75) is 24.8 Å². The number of esters is 1. The molecule has 2 aromatic heterocycles. The summed E-state index contributed by atoms with van der Waals surface area (Å²) in [7, 11) is 0. The van der Waals surface area contributed by atoms with Crippen molar-refractivity contribution >= 4 is 46.8 Å². The largest absolute Gasteiger partial charge is 0.478 e. The van der Waals surface area contributed by atoms with Crippen LogP contribution in [0.5, 0.6) is 0 Å². The fraction of sp³-hybridized carbons (Fsp3) is 0.143. The molecule has 0 saturated carbocycles. The molecule has 0 spiro atoms. The van der Waals surface area contributed by atoms with Crippen LogP contribution in [0.15, 0.2) is 110 Å². The highest BCUT2D eigenvalue weighted by Gasteiger charge is 2.35. The number of carboxylic acid groups (broad SMARTS) is 1. The Kier molecular flexibility index (Phi) is 8.42. The van der Waals surface area contributed by atoms with E-state index in [4.69, 9.17) is 14.1 Å². The molecule has 3 aromatic carbocycles. The van der Waals surface area contributed by atoms with Gasteiger partial charge in [0.05, 0.1) is 34.0 Å². The Morgan fingerprint density at radius 2 is 1.82 bits per heavy atom. The topological polar surface area (TPSA) is 111 Å². The van der Waals surface area contributed by atoms with E-state index in [9.17, 15) is 19.5 Å². The van der Waals surface area contributed by atoms with Gasteiger partial charge in [0, 0.05) is 22.1 Å². The lowest BCUT2D eigenvalue weighted by Gasteiger charge is -2.26. The standard InChI is InChI=1S/C35H28N2O6S2/c1-4-42-34(41)29-30(21-8-6-5-7-9-21)36-35-37(31(29)22-10-14-25(44-3)15-11-22)32(38)28(45-35)19-24-13-17-27(43-24)26-16-12-23(33(39)40)18-20(26)2/h5-19,31H,4H2,1-3H3,(H,39,40)/b28-19-/t31-/m0/s1. The predicted octanol–water partition coefficient (Wildman–Crippen LogP) is 5.92. The molecule has 0 amide bonds. The van der Waals surface area contributed by atoms with Crippen LogP contribution in [0, 0.1) is 6.92 Å². The summed E-state index contributed by atoms with van der Waals surface area (Å²) in [6.07, 6.45) is 3.65. The SMILES string of the molecule is CCOC(=O)C1=C(c2ccccc2)N=c2s/c(=C\c3ccc(-c4ccc(C(=O)O)cc4C)o3)c(=O)n2[C@H]1c1ccc(SC)cc1. The number of aryl methyl sites for hydroxylation is 1. The molecule has 1 aliphatic heterocycles. The zero-order chi connectivity index (χ0) is 31.7. The number of carboxylic acids is 1. The lowest BCUT2D eigenvalue weighted by atomic mass is 9.93. The van der Waals surface area contributed by atoms with Gasteiger partial charge in [-0.2, -0.15) is 0 Å². The first-order chi connectivity index (χ1) is 21.8. The van der Waals surface area contributed by atoms with Gasteiger partial charge in [-0.15, -0.1) is 11.8 Å². The molecule has 0 unspecified atom stereocenters. The van der Waals surface area contributed by atoms with Gasteiger partial charge in [-0.1, -0.05) is 59.9 Å². The number of rotatable bonds is 8. The Bertz CT molecular complexity index is 2140. The van der Waals surface area contributed by atoms with Crippen LogP contribution in [-0.4, -0.2) is 34.5 Å². The second-order valence-electron chi connectivity index (χ2n) is 10.2. The summed E-state index contributed by atoms with van der Waals surface area (Å²) in [6.45, 7) is 3.74. The summed E-state index contributed by atoms with van der Waals surface area (Å²) in [6, 6.07) is 24.8. The Balaban J connectivity index is 1.52. The number of furan rings is 1. The molecule has 10 heteroatoms. The number of aromatic nitrogens is 1. The van der Waals surface area contributed by atoms with Gasteiger partial charge in [0.15, 0.2) is 4.80 Å². The quantitative estimate of drug-likeness (QED) is 0.166. The van der Waals surface area contributed by atoms with Gasteiger partial charge in [0.1, 0.15) is 11.5 Å². The van der Waals surface area contributed by atoms with Crippen molar-refractivity contribution < 1.29 is 23.8 Å². The smallest absolute Gasteiger partial charge is 0.338 e. The third kappa shape index (κ3) is 5.82. The van der Waals surface area contributed by atoms with Gasteiger partial charge in [-0.3, -0.25) is 9.36 Å². The van der Waals surface area contributed by atoms with Gasteiger partial charge in [-0.25, -0.2) is 14.6 Å². The molecule has 0 saturated heterocycles. The molecule has 3 heterocycles. The van der Waals surface area contributed by atoms with Gasteiger partial charge >= 0.3 is 11.9 Å². The normalized spacial score (nSPS) is 14.6. The number of fused-ring (bicyclic) bond motifs is 1. The molecule has 6 rings (SSSR count). The van der Waals surface area contributed by atoms with E-state index >= 15 is 0 Å². The summed E-state index contributed by atoms with van der Waals surface area (Å²) in [4.78, 5) is 45.5. The number of thiazole rings is 1. The first-order valence-electron chi connectivity index (χ1n) is 14.2. The molecular weight excluding hydrogens is 609 g/mol. The minimum absolute atomic E-state index is 0.173. The third-order valence-electron chi connectivity index (χ3n) is 7.44. The van der Waals surface area contributed by atoms with Crippen molar-refractivity contribution in [2.24, 2.45) is 4.99 Å². The fourth-order valence-corrected chi connectivity index (χ4v) is 6.71. The summed E-state index contributed by atoms with van der Waals surface area (Å²) in [5.41, 5.74) is 3.63. The molecule has 5 aromatic rings. The number of nitrogens with zero attached hydrogens (tertiary/aromatic N) is 2. The van der Waals surface area contributed by atoms with Gasteiger partial charge in [0.2, 0.25) is 0 Å². The lowest BCUT2D eigenvalue weighted by molar-refractivity contribution is -0.138. The monoisotopic (exact) mass is 636 g/mol. The Hall–Kier alpha value is -4.93. The highest BCUT2D eigenvalue weighted by molar-refractivity contribution is 7.98. The van der Waals surface area contributed by atoms with E-state index in [-0.39, 0.29) is 17.7 Å². The second-order valence-corrected chi connectivity index (χ2v) is 12.1. The number of carbonyl (C=O) groups excluding carboxylic acids is 1. The van der Waals surface area contributed by atoms with Crippen LogP contribution in [0.3, 0.4) is 0 Å². The molecule has 1 N–H and O–H groups in total. The Morgan fingerprint density at radius 3 is 2.49 bits per heavy atom. The zero-order valence-corrected chi connectivity index (χ0v) is 26.3. The van der Waals surface area contributed by atoms with Gasteiger partial charge < -0.3 is 14.3 Å². The predicted molar refractivity (Wildman–Crippen MR) is 175 cm³/mol. The summed E-state index contributed by atoms with van der Waals surface area (Å²) in [5.74, 6) is -0.537. The van der Waals surface area contributed by atoms with Crippen LogP contribution in [0.25, 0.3) is 23.1 Å². The van der Waals surface area contributed by atoms with E-state index in [0.29, 0.717) is 32.1 Å². The second kappa shape index (κ2) is 12.6. The first kappa shape index (κ1) is 30.1. The van der Waals surface area contributed by atoms with Crippen LogP contribution in [0.4, 0.5) is 0 Å². The summed E-state index contributed by atoms with van der Waals surface area (Å²) >= 11 is 2.82. The Labute approximate surface area is 266 Å². The maximum Gasteiger partial charge on any atom is 0.338 e. The molecule has 8 nitrogen and oxygen atoms in total. The number of thioether (sulfide) groups is 1. The van der Waals surface area contributed by atoms with Crippen molar-refractivity contribution in [1.82, 2.24) is 4.57 Å². The average Bonchev–Trinajstić information content (AvgIpc) is 3.64. The van der Waals surface area contributed by atoms with E-state index in [1.54, 1.807) is 53.6 Å². The molecule has 0 aliphatic carbocycles. The molecular formula is C35H28N2O6S2. The molecule has 0 fully saturated rings. The number of hydrogen-bond donors (Lipinski definition) is 1. The number of benzene rings is 3. The maximum absolute atomic E-state index is 14.1. The van der Waals surface area contributed by atoms with E-state index in [1.807, 2.05) is 67.8 Å². The average molecular weight is 637 g/mol. The first-order valence-corrected chi connectivity index (χ1v) is 16.2. The fourth-order valence-electron chi connectivity index (χ4n) is 5.32. The number of carbonyl (C=O) groups is 2. The number of ether oxygens (including phenoxy) is 1. The minimum Gasteiger partial charge on any atom is -0.478 e. The van der Waals surface area contributed by atoms with E-state index in [2.05, 4.69) is 0 Å². The summed E-state index contributed by atoms with van der Waals surface area (Å²) in [5, 5.41) is 9.31. The minimum atomic E-state index is -1.000. The van der Waals surface area contributed by atoms with Gasteiger partial charge in [0.25, 0.3) is 5.56 Å². The number of aromatic carboxylic acids is 1. The lowest BCUT2D eigenvalue weighted by Crippen LogP contribution is -2.40. The van der Waals surface area contributed by atoms with Gasteiger partial charge in [-0.05, 0) is 67.6 Å². The van der Waals surface area contributed by atoms with E-state index < -0.39 is 18.0 Å². The third-order valence-corrected chi connectivity index (χ3v) is 9.17. The molecule has 45 heavy (non-hydrogen) atoms. The van der Waals surface area contributed by atoms with Crippen molar-refractivity contribution in [1.29, 1.82) is 0 Å². The molecule has 0 radical (unpaired) electrons. The molecule has 1 aliphatic rings. The van der Waals surface area contributed by atoms with Crippen molar-refractivity contribution in [3.8, 4) is 11.3 Å². The van der Waals surface area contributed by atoms with Crippen molar-refractivity contribution in [2.75, 3.05) is 12.9 Å². The summed E-state index contributed by atoms with van der Waals surface area (Å²) < 4.78 is 13.6. The highest BCUT2D eigenvalue weighted by Crippen LogP contribution is 2.36. The highest BCUT2D eigenvalue weighted by atomic mass is 32.2. The molecule has 0 bridgehead atoms. The molecule has 226 valence electrons. The molecule has 1 atom stereocenters. The van der Waals surface area contributed by atoms with E-state index in [1.165, 1.54) is 17.4 Å². The van der Waals surface area contributed by atoms with Crippen LogP contribution in [0.1, 0.15) is 45.8 Å². The maximum atomic E-state index is 14.1. The van der Waals surface area contributed by atoms with Crippen LogP contribution in [-0.2, 0) is 9.53 Å². The number of hydrogen-bond acceptors (Lipinski definition) is 8. The van der Waals surface area contributed by atoms with Crippen molar-refractivity contribution in [3.63, 3.8) is 0 Å². The van der Waals surface area contributed by atoms with Crippen LogP contribution >= 0.6 is 23.1 Å².